The topological polar surface area (TPSA) is 90.1 Å². The van der Waals surface area contributed by atoms with Gasteiger partial charge < -0.3 is 15.3 Å². The Morgan fingerprint density at radius 1 is 1.34 bits per heavy atom. The van der Waals surface area contributed by atoms with E-state index in [-0.39, 0.29) is 24.2 Å². The lowest BCUT2D eigenvalue weighted by atomic mass is 9.45. The average molecular weight is 422 g/mol. The maximum absolute atomic E-state index is 12.7. The third kappa shape index (κ3) is 2.33. The second kappa shape index (κ2) is 6.49. The smallest absolute Gasteiger partial charge is 0.190 e. The van der Waals surface area contributed by atoms with E-state index in [9.17, 15) is 20.1 Å². The Labute approximate surface area is 177 Å². The summed E-state index contributed by atoms with van der Waals surface area (Å²) < 4.78 is 0. The van der Waals surface area contributed by atoms with Crippen molar-refractivity contribution in [2.75, 3.05) is 13.7 Å². The van der Waals surface area contributed by atoms with Crippen LogP contribution in [0.3, 0.4) is 0 Å². The van der Waals surface area contributed by atoms with Crippen LogP contribution in [0, 0.1) is 28.6 Å². The largest absolute Gasteiger partial charge is 0.391 e. The summed E-state index contributed by atoms with van der Waals surface area (Å²) in [5.41, 5.74) is -0.892. The van der Waals surface area contributed by atoms with E-state index < -0.39 is 39.8 Å². The molecule has 0 spiro atoms. The summed E-state index contributed by atoms with van der Waals surface area (Å²) in [6.45, 7) is 5.18. The Kier molecular flexibility index (Phi) is 4.75. The SMILES string of the molecule is CN=C1C=C[C@@]2(C)C(=C1)CC[C@H]1[C@@H]3C[C@H](C)[C@](O)(C(=O)CO)[C@@]3(C)C[C@H](O)[C@@]12Cl. The molecule has 0 aromatic rings. The van der Waals surface area contributed by atoms with E-state index in [1.165, 1.54) is 5.57 Å². The van der Waals surface area contributed by atoms with Gasteiger partial charge in [0.05, 0.1) is 16.7 Å². The first-order chi connectivity index (χ1) is 13.5. The van der Waals surface area contributed by atoms with Crippen molar-refractivity contribution >= 4 is 23.1 Å². The van der Waals surface area contributed by atoms with Crippen LogP contribution < -0.4 is 0 Å². The van der Waals surface area contributed by atoms with Crippen molar-refractivity contribution in [2.45, 2.75) is 63.0 Å². The third-order valence-electron chi connectivity index (χ3n) is 9.06. The van der Waals surface area contributed by atoms with Crippen molar-refractivity contribution < 1.29 is 20.1 Å². The number of Topliss-reactive ketones (excluding diaryl/α,β-unsaturated/α-hetero) is 1. The van der Waals surface area contributed by atoms with Crippen LogP contribution in [0.2, 0.25) is 0 Å². The van der Waals surface area contributed by atoms with E-state index in [2.05, 4.69) is 24.1 Å². The lowest BCUT2D eigenvalue weighted by Gasteiger charge is -2.64. The second-order valence-electron chi connectivity index (χ2n) is 10.00. The van der Waals surface area contributed by atoms with Crippen LogP contribution in [-0.4, -0.2) is 57.0 Å². The number of aliphatic hydroxyl groups is 3. The monoisotopic (exact) mass is 421 g/mol. The number of alkyl halides is 1. The van der Waals surface area contributed by atoms with Gasteiger partial charge in [0.25, 0.3) is 0 Å². The molecular weight excluding hydrogens is 390 g/mol. The molecule has 3 fully saturated rings. The molecule has 4 aliphatic rings. The Morgan fingerprint density at radius 3 is 2.66 bits per heavy atom. The van der Waals surface area contributed by atoms with Crippen LogP contribution in [0.15, 0.2) is 28.8 Å². The molecule has 29 heavy (non-hydrogen) atoms. The molecule has 0 heterocycles. The first-order valence-electron chi connectivity index (χ1n) is 10.6. The fourth-order valence-corrected chi connectivity index (χ4v) is 7.93. The quantitative estimate of drug-likeness (QED) is 0.598. The van der Waals surface area contributed by atoms with Crippen molar-refractivity contribution in [2.24, 2.45) is 33.6 Å². The highest BCUT2D eigenvalue weighted by atomic mass is 35.5. The normalized spacial score (nSPS) is 52.6. The number of carbonyl (C=O) groups is 1. The summed E-state index contributed by atoms with van der Waals surface area (Å²) in [5, 5.41) is 32.6. The number of aliphatic imine (C=N–C) groups is 1. The first kappa shape index (κ1) is 21.2. The first-order valence-corrected chi connectivity index (χ1v) is 11.0. The van der Waals surface area contributed by atoms with E-state index in [0.29, 0.717) is 6.42 Å². The Bertz CT molecular complexity index is 837. The molecule has 5 nitrogen and oxygen atoms in total. The molecule has 4 aliphatic carbocycles. The van der Waals surface area contributed by atoms with E-state index in [0.717, 1.165) is 18.6 Å². The summed E-state index contributed by atoms with van der Waals surface area (Å²) in [6.07, 6.45) is 7.78. The fraction of sp³-hybridized carbons (Fsp3) is 0.739. The fourth-order valence-electron chi connectivity index (χ4n) is 7.41. The molecule has 3 N–H and O–H groups in total. The predicted octanol–water partition coefficient (Wildman–Crippen LogP) is 2.67. The van der Waals surface area contributed by atoms with Crippen molar-refractivity contribution in [3.05, 3.63) is 23.8 Å². The molecule has 0 aliphatic heterocycles. The van der Waals surface area contributed by atoms with E-state index in [1.807, 2.05) is 19.9 Å². The summed E-state index contributed by atoms with van der Waals surface area (Å²) in [5.74, 6) is -0.901. The summed E-state index contributed by atoms with van der Waals surface area (Å²) in [4.78, 5) is 16.0. The Hall–Kier alpha value is -1.01. The number of halogens is 1. The average Bonchev–Trinajstić information content (AvgIpc) is 2.89. The highest BCUT2D eigenvalue weighted by molar-refractivity contribution is 6.26. The zero-order chi connectivity index (χ0) is 21.4. The number of carbonyl (C=O) groups excluding carboxylic acids is 1. The van der Waals surface area contributed by atoms with Gasteiger partial charge in [-0.1, -0.05) is 32.4 Å². The van der Waals surface area contributed by atoms with E-state index in [4.69, 9.17) is 11.6 Å². The highest BCUT2D eigenvalue weighted by Gasteiger charge is 2.74. The minimum Gasteiger partial charge on any atom is -0.391 e. The molecule has 6 heteroatoms. The number of aliphatic hydroxyl groups excluding tert-OH is 2. The molecule has 0 radical (unpaired) electrons. The molecule has 3 saturated carbocycles. The zero-order valence-electron chi connectivity index (χ0n) is 17.7. The van der Waals surface area contributed by atoms with Gasteiger partial charge in [0.15, 0.2) is 5.78 Å². The van der Waals surface area contributed by atoms with Crippen molar-refractivity contribution in [1.82, 2.24) is 0 Å². The van der Waals surface area contributed by atoms with Gasteiger partial charge in [0.2, 0.25) is 0 Å². The van der Waals surface area contributed by atoms with Crippen LogP contribution in [0.4, 0.5) is 0 Å². The van der Waals surface area contributed by atoms with Crippen molar-refractivity contribution in [3.63, 3.8) is 0 Å². The van der Waals surface area contributed by atoms with Gasteiger partial charge in [-0.2, -0.15) is 0 Å². The number of hydrogen-bond acceptors (Lipinski definition) is 5. The lowest BCUT2D eigenvalue weighted by Crippen LogP contribution is -2.69. The molecular formula is C23H32ClNO4. The second-order valence-corrected chi connectivity index (χ2v) is 10.6. The van der Waals surface area contributed by atoms with Gasteiger partial charge in [-0.15, -0.1) is 11.6 Å². The van der Waals surface area contributed by atoms with Gasteiger partial charge >= 0.3 is 0 Å². The number of nitrogens with zero attached hydrogens (tertiary/aromatic N) is 1. The molecule has 160 valence electrons. The maximum Gasteiger partial charge on any atom is 0.190 e. The molecule has 0 saturated heterocycles. The standard InChI is InChI=1S/C23H32ClNO4/c1-13-9-17-16-6-5-14-10-15(25-4)7-8-20(14,2)22(16,24)18(27)11-21(17,3)23(13,29)19(28)12-26/h7-8,10,13,16-18,26-27,29H,5-6,9,11-12H2,1-4H3/t13-,16-,17-,18-,20-,21-,22-,23-/m0/s1. The summed E-state index contributed by atoms with van der Waals surface area (Å²) in [7, 11) is 1.77. The van der Waals surface area contributed by atoms with Crippen LogP contribution in [-0.2, 0) is 4.79 Å². The predicted molar refractivity (Wildman–Crippen MR) is 113 cm³/mol. The maximum atomic E-state index is 12.7. The van der Waals surface area contributed by atoms with Crippen LogP contribution in [0.5, 0.6) is 0 Å². The molecule has 0 bridgehead atoms. The highest BCUT2D eigenvalue weighted by Crippen LogP contribution is 2.71. The Morgan fingerprint density at radius 2 is 2.03 bits per heavy atom. The van der Waals surface area contributed by atoms with Gasteiger partial charge in [-0.25, -0.2) is 0 Å². The summed E-state index contributed by atoms with van der Waals surface area (Å²) >= 11 is 7.42. The molecule has 0 aromatic carbocycles. The van der Waals surface area contributed by atoms with Crippen LogP contribution >= 0.6 is 11.6 Å². The molecule has 4 rings (SSSR count). The van der Waals surface area contributed by atoms with Gasteiger partial charge in [0, 0.05) is 17.9 Å². The minimum atomic E-state index is -1.65. The Balaban J connectivity index is 1.83. The summed E-state index contributed by atoms with van der Waals surface area (Å²) in [6, 6.07) is 0. The number of hydrogen-bond donors (Lipinski definition) is 3. The van der Waals surface area contributed by atoms with Gasteiger partial charge in [-0.05, 0) is 55.6 Å². The van der Waals surface area contributed by atoms with Crippen molar-refractivity contribution in [3.8, 4) is 0 Å². The van der Waals surface area contributed by atoms with E-state index >= 15 is 0 Å². The molecule has 0 aromatic heterocycles. The number of rotatable bonds is 2. The number of fused-ring (bicyclic) bond motifs is 5. The van der Waals surface area contributed by atoms with Crippen LogP contribution in [0.25, 0.3) is 0 Å². The molecule has 0 unspecified atom stereocenters. The van der Waals surface area contributed by atoms with Crippen LogP contribution in [0.1, 0.15) is 46.5 Å². The van der Waals surface area contributed by atoms with E-state index in [1.54, 1.807) is 7.05 Å². The van der Waals surface area contributed by atoms with Gasteiger partial charge in [0.1, 0.15) is 12.2 Å². The van der Waals surface area contributed by atoms with Crippen molar-refractivity contribution in [1.29, 1.82) is 0 Å². The number of ketones is 1. The zero-order valence-corrected chi connectivity index (χ0v) is 18.4. The minimum absolute atomic E-state index is 0.00749. The molecule has 0 amide bonds. The van der Waals surface area contributed by atoms with Gasteiger partial charge in [-0.3, -0.25) is 9.79 Å². The third-order valence-corrected chi connectivity index (χ3v) is 9.99. The molecule has 8 atom stereocenters. The lowest BCUT2D eigenvalue weighted by molar-refractivity contribution is -0.179. The number of allylic oxidation sites excluding steroid dienone is 4.